The first-order valence-electron chi connectivity index (χ1n) is 5.15. The van der Waals surface area contributed by atoms with Crippen LogP contribution in [0.4, 0.5) is 10.1 Å². The molecule has 0 bridgehead atoms. The maximum Gasteiger partial charge on any atom is 0.203 e. The SMILES string of the molecule is N#Cc1ccc(CNc2ccc(F)c(C#N)c2)o1. The first-order chi connectivity index (χ1) is 8.72. The number of hydrogen-bond acceptors (Lipinski definition) is 4. The molecule has 1 heterocycles. The van der Waals surface area contributed by atoms with Crippen molar-refractivity contribution in [2.45, 2.75) is 6.54 Å². The Bertz CT molecular complexity index is 649. The topological polar surface area (TPSA) is 72.8 Å². The molecule has 0 fully saturated rings. The summed E-state index contributed by atoms with van der Waals surface area (Å²) in [5, 5.41) is 20.3. The van der Waals surface area contributed by atoms with Crippen LogP contribution in [0.25, 0.3) is 0 Å². The van der Waals surface area contributed by atoms with Gasteiger partial charge < -0.3 is 9.73 Å². The average Bonchev–Trinajstić information content (AvgIpc) is 2.86. The van der Waals surface area contributed by atoms with Crippen molar-refractivity contribution >= 4 is 5.69 Å². The molecule has 88 valence electrons. The molecule has 0 saturated heterocycles. The van der Waals surface area contributed by atoms with Gasteiger partial charge in [0.25, 0.3) is 0 Å². The van der Waals surface area contributed by atoms with E-state index in [1.54, 1.807) is 18.2 Å². The van der Waals surface area contributed by atoms with Crippen LogP contribution in [-0.4, -0.2) is 0 Å². The third-order valence-electron chi connectivity index (χ3n) is 2.33. The van der Waals surface area contributed by atoms with E-state index in [4.69, 9.17) is 14.9 Å². The van der Waals surface area contributed by atoms with E-state index >= 15 is 0 Å². The predicted octanol–water partition coefficient (Wildman–Crippen LogP) is 2.77. The molecular weight excluding hydrogens is 233 g/mol. The van der Waals surface area contributed by atoms with Gasteiger partial charge in [-0.2, -0.15) is 10.5 Å². The Morgan fingerprint density at radius 3 is 2.67 bits per heavy atom. The van der Waals surface area contributed by atoms with E-state index in [1.807, 2.05) is 6.07 Å². The van der Waals surface area contributed by atoms with Crippen LogP contribution in [-0.2, 0) is 6.54 Å². The van der Waals surface area contributed by atoms with Crippen LogP contribution >= 0.6 is 0 Å². The van der Waals surface area contributed by atoms with E-state index in [0.717, 1.165) is 0 Å². The second-order valence-electron chi connectivity index (χ2n) is 3.54. The van der Waals surface area contributed by atoms with Crippen molar-refractivity contribution in [1.82, 2.24) is 0 Å². The van der Waals surface area contributed by atoms with Gasteiger partial charge in [-0.25, -0.2) is 4.39 Å². The molecule has 2 rings (SSSR count). The van der Waals surface area contributed by atoms with Crippen molar-refractivity contribution in [1.29, 1.82) is 10.5 Å². The third kappa shape index (κ3) is 2.47. The smallest absolute Gasteiger partial charge is 0.203 e. The van der Waals surface area contributed by atoms with Crippen molar-refractivity contribution in [2.24, 2.45) is 0 Å². The summed E-state index contributed by atoms with van der Waals surface area (Å²) in [6.45, 7) is 0.359. The monoisotopic (exact) mass is 241 g/mol. The van der Waals surface area contributed by atoms with Gasteiger partial charge in [-0.05, 0) is 30.3 Å². The molecule has 0 aliphatic carbocycles. The Balaban J connectivity index is 2.07. The highest BCUT2D eigenvalue weighted by Crippen LogP contribution is 2.15. The van der Waals surface area contributed by atoms with Gasteiger partial charge in [-0.1, -0.05) is 0 Å². The number of furan rings is 1. The second kappa shape index (κ2) is 5.03. The molecule has 2 aromatic rings. The summed E-state index contributed by atoms with van der Waals surface area (Å²) in [5.41, 5.74) is 0.597. The summed E-state index contributed by atoms with van der Waals surface area (Å²) in [6, 6.07) is 11.1. The van der Waals surface area contributed by atoms with Crippen LogP contribution in [0.2, 0.25) is 0 Å². The van der Waals surface area contributed by atoms with Crippen molar-refractivity contribution in [3.05, 3.63) is 53.2 Å². The number of benzene rings is 1. The normalized spacial score (nSPS) is 9.50. The Morgan fingerprint density at radius 2 is 2.00 bits per heavy atom. The molecule has 5 heteroatoms. The average molecular weight is 241 g/mol. The van der Waals surface area contributed by atoms with Gasteiger partial charge in [0.2, 0.25) is 5.76 Å². The van der Waals surface area contributed by atoms with Crippen LogP contribution in [0.15, 0.2) is 34.7 Å². The van der Waals surface area contributed by atoms with Gasteiger partial charge in [-0.15, -0.1) is 0 Å². The van der Waals surface area contributed by atoms with Gasteiger partial charge in [0.15, 0.2) is 0 Å². The van der Waals surface area contributed by atoms with Crippen molar-refractivity contribution in [2.75, 3.05) is 5.32 Å². The van der Waals surface area contributed by atoms with E-state index in [2.05, 4.69) is 5.32 Å². The number of halogens is 1. The van der Waals surface area contributed by atoms with E-state index in [0.29, 0.717) is 18.0 Å². The maximum atomic E-state index is 13.1. The minimum atomic E-state index is -0.548. The van der Waals surface area contributed by atoms with Crippen LogP contribution < -0.4 is 5.32 Å². The van der Waals surface area contributed by atoms with Crippen LogP contribution in [0, 0.1) is 28.5 Å². The minimum absolute atomic E-state index is 0.0165. The molecule has 0 spiro atoms. The molecular formula is C13H8FN3O. The lowest BCUT2D eigenvalue weighted by molar-refractivity contribution is 0.506. The fourth-order valence-corrected chi connectivity index (χ4v) is 1.44. The zero-order valence-corrected chi connectivity index (χ0v) is 9.27. The highest BCUT2D eigenvalue weighted by molar-refractivity contribution is 5.49. The molecule has 0 radical (unpaired) electrons. The highest BCUT2D eigenvalue weighted by atomic mass is 19.1. The number of nitrogens with zero attached hydrogens (tertiary/aromatic N) is 2. The van der Waals surface area contributed by atoms with E-state index in [1.165, 1.54) is 18.2 Å². The van der Waals surface area contributed by atoms with Crippen molar-refractivity contribution < 1.29 is 8.81 Å². The fourth-order valence-electron chi connectivity index (χ4n) is 1.44. The Labute approximate surface area is 103 Å². The molecule has 0 atom stereocenters. The lowest BCUT2D eigenvalue weighted by Crippen LogP contribution is -1.99. The predicted molar refractivity (Wildman–Crippen MR) is 61.9 cm³/mol. The molecule has 0 unspecified atom stereocenters. The molecule has 1 N–H and O–H groups in total. The summed E-state index contributed by atoms with van der Waals surface area (Å²) in [7, 11) is 0. The first-order valence-corrected chi connectivity index (χ1v) is 5.15. The van der Waals surface area contributed by atoms with Crippen molar-refractivity contribution in [3.63, 3.8) is 0 Å². The number of anilines is 1. The summed E-state index contributed by atoms with van der Waals surface area (Å²) >= 11 is 0. The van der Waals surface area contributed by atoms with Gasteiger partial charge in [0.05, 0.1) is 12.1 Å². The fraction of sp³-hybridized carbons (Fsp3) is 0.0769. The van der Waals surface area contributed by atoms with E-state index < -0.39 is 5.82 Å². The molecule has 0 aliphatic rings. The number of nitriles is 2. The van der Waals surface area contributed by atoms with Gasteiger partial charge in [-0.3, -0.25) is 0 Å². The lowest BCUT2D eigenvalue weighted by Gasteiger charge is -2.04. The standard InChI is InChI=1S/C13H8FN3O/c14-13-4-1-10(5-9(13)6-15)17-8-12-3-2-11(7-16)18-12/h1-5,17H,8H2. The first kappa shape index (κ1) is 11.7. The van der Waals surface area contributed by atoms with Crippen LogP contribution in [0.3, 0.4) is 0 Å². The molecule has 0 amide bonds. The number of hydrogen-bond donors (Lipinski definition) is 1. The lowest BCUT2D eigenvalue weighted by atomic mass is 10.2. The van der Waals surface area contributed by atoms with Crippen LogP contribution in [0.1, 0.15) is 17.1 Å². The summed E-state index contributed by atoms with van der Waals surface area (Å²) in [5.74, 6) is 0.283. The summed E-state index contributed by atoms with van der Waals surface area (Å²) in [6.07, 6.45) is 0. The van der Waals surface area contributed by atoms with Gasteiger partial charge >= 0.3 is 0 Å². The second-order valence-corrected chi connectivity index (χ2v) is 3.54. The number of nitrogens with one attached hydrogen (secondary N) is 1. The number of rotatable bonds is 3. The Morgan fingerprint density at radius 1 is 1.17 bits per heavy atom. The van der Waals surface area contributed by atoms with E-state index in [9.17, 15) is 4.39 Å². The van der Waals surface area contributed by atoms with Crippen molar-refractivity contribution in [3.8, 4) is 12.1 Å². The largest absolute Gasteiger partial charge is 0.449 e. The Hall–Kier alpha value is -2.79. The minimum Gasteiger partial charge on any atom is -0.449 e. The molecule has 1 aromatic heterocycles. The zero-order chi connectivity index (χ0) is 13.0. The highest BCUT2D eigenvalue weighted by Gasteiger charge is 2.04. The van der Waals surface area contributed by atoms with Gasteiger partial charge in [0, 0.05) is 5.69 Å². The quantitative estimate of drug-likeness (QED) is 0.896. The van der Waals surface area contributed by atoms with E-state index in [-0.39, 0.29) is 11.3 Å². The Kier molecular flexibility index (Phi) is 3.26. The molecule has 0 saturated carbocycles. The molecule has 0 aliphatic heterocycles. The third-order valence-corrected chi connectivity index (χ3v) is 2.33. The molecule has 1 aromatic carbocycles. The van der Waals surface area contributed by atoms with Crippen LogP contribution in [0.5, 0.6) is 0 Å². The zero-order valence-electron chi connectivity index (χ0n) is 9.27. The molecule has 18 heavy (non-hydrogen) atoms. The molecule has 4 nitrogen and oxygen atoms in total. The summed E-state index contributed by atoms with van der Waals surface area (Å²) in [4.78, 5) is 0. The maximum absolute atomic E-state index is 13.1. The summed E-state index contributed by atoms with van der Waals surface area (Å²) < 4.78 is 18.2. The van der Waals surface area contributed by atoms with Gasteiger partial charge in [0.1, 0.15) is 23.7 Å².